The highest BCUT2D eigenvalue weighted by atomic mass is 16.4. The normalized spacial score (nSPS) is 10.0. The fourth-order valence-electron chi connectivity index (χ4n) is 0.200. The zero-order chi connectivity index (χ0) is 5.70. The quantitative estimate of drug-likeness (QED) is 0.439. The summed E-state index contributed by atoms with van der Waals surface area (Å²) in [5.74, 6) is 1.21. The van der Waals surface area contributed by atoms with E-state index >= 15 is 0 Å². The molecule has 0 rings (SSSR count). The lowest BCUT2D eigenvalue weighted by Gasteiger charge is -1.81. The molecule has 2 nitrogen and oxygen atoms in total. The van der Waals surface area contributed by atoms with E-state index in [0.717, 1.165) is 0 Å². The van der Waals surface area contributed by atoms with Gasteiger partial charge in [-0.25, -0.2) is 0 Å². The second-order valence-electron chi connectivity index (χ2n) is 1.08. The Morgan fingerprint density at radius 3 is 2.29 bits per heavy atom. The predicted octanol–water partition coefficient (Wildman–Crippen LogP) is -0.859. The average molecular weight is 95.7 g/mol. The molecule has 2 N–H and O–H groups in total. The minimum Gasteiger partial charge on any atom is -0.424 e. The third-order valence-electron chi connectivity index (χ3n) is 0.444. The van der Waals surface area contributed by atoms with Crippen LogP contribution in [-0.2, 0) is 0 Å². The van der Waals surface area contributed by atoms with Gasteiger partial charge in [-0.2, -0.15) is 0 Å². The van der Waals surface area contributed by atoms with Crippen LogP contribution < -0.4 is 0 Å². The summed E-state index contributed by atoms with van der Waals surface area (Å²) in [7, 11) is 3.61. The first-order valence-electron chi connectivity index (χ1n) is 2.00. The summed E-state index contributed by atoms with van der Waals surface area (Å²) in [6.07, 6.45) is 1.82. The molecular weight excluding hydrogens is 89.7 g/mol. The first-order chi connectivity index (χ1) is 3.27. The van der Waals surface area contributed by atoms with Gasteiger partial charge < -0.3 is 10.0 Å². The van der Waals surface area contributed by atoms with Crippen LogP contribution in [0.3, 0.4) is 0 Å². The standard InChI is InChI=1S/C3H6B2O2/c4-2-1-3-5(6)7/h1,3,6-7H,2H2. The Bertz CT molecular complexity index is 62.0. The highest BCUT2D eigenvalue weighted by molar-refractivity contribution is 6.47. The molecule has 0 spiro atoms. The Morgan fingerprint density at radius 2 is 2.14 bits per heavy atom. The molecule has 0 atom stereocenters. The topological polar surface area (TPSA) is 40.5 Å². The van der Waals surface area contributed by atoms with Crippen LogP contribution in [0.25, 0.3) is 0 Å². The van der Waals surface area contributed by atoms with E-state index in [-0.39, 0.29) is 0 Å². The molecule has 0 amide bonds. The largest absolute Gasteiger partial charge is 0.480 e. The van der Waals surface area contributed by atoms with Crippen molar-refractivity contribution < 1.29 is 10.0 Å². The molecule has 0 aromatic carbocycles. The van der Waals surface area contributed by atoms with Gasteiger partial charge in [0.15, 0.2) is 0 Å². The molecule has 0 saturated carbocycles. The van der Waals surface area contributed by atoms with Gasteiger partial charge >= 0.3 is 7.12 Å². The molecule has 0 fully saturated rings. The van der Waals surface area contributed by atoms with E-state index in [9.17, 15) is 0 Å². The van der Waals surface area contributed by atoms with Crippen LogP contribution in [0.2, 0.25) is 6.32 Å². The lowest BCUT2D eigenvalue weighted by Crippen LogP contribution is -2.05. The van der Waals surface area contributed by atoms with Gasteiger partial charge in [0.2, 0.25) is 0 Å². The van der Waals surface area contributed by atoms with Crippen molar-refractivity contribution in [1.29, 1.82) is 0 Å². The molecule has 0 unspecified atom stereocenters. The highest BCUT2D eigenvalue weighted by Crippen LogP contribution is 1.76. The van der Waals surface area contributed by atoms with Gasteiger partial charge in [-0.3, -0.25) is 0 Å². The number of rotatable bonds is 2. The molecule has 4 heteroatoms. The molecule has 0 aliphatic heterocycles. The van der Waals surface area contributed by atoms with E-state index in [1.807, 2.05) is 0 Å². The second-order valence-corrected chi connectivity index (χ2v) is 1.08. The van der Waals surface area contributed by atoms with Crippen LogP contribution in [0.4, 0.5) is 0 Å². The molecule has 2 radical (unpaired) electrons. The summed E-state index contributed by atoms with van der Waals surface area (Å²) >= 11 is 0. The first kappa shape index (κ1) is 6.79. The monoisotopic (exact) mass is 96.1 g/mol. The third kappa shape index (κ3) is 5.79. The first-order valence-corrected chi connectivity index (χ1v) is 2.00. The molecule has 0 bridgehead atoms. The molecular formula is C3H6B2O2. The zero-order valence-corrected chi connectivity index (χ0v) is 3.91. The minimum atomic E-state index is -1.36. The maximum Gasteiger partial charge on any atom is 0.480 e. The van der Waals surface area contributed by atoms with Crippen LogP contribution in [-0.4, -0.2) is 25.0 Å². The number of allylic oxidation sites excluding steroid dienone is 1. The molecule has 36 valence electrons. The molecule has 0 heterocycles. The third-order valence-corrected chi connectivity index (χ3v) is 0.444. The maximum atomic E-state index is 8.10. The molecule has 0 saturated heterocycles. The van der Waals surface area contributed by atoms with Gasteiger partial charge in [0.25, 0.3) is 0 Å². The summed E-state index contributed by atoms with van der Waals surface area (Å²) in [6, 6.07) is 0. The van der Waals surface area contributed by atoms with E-state index in [0.29, 0.717) is 6.32 Å². The van der Waals surface area contributed by atoms with Gasteiger partial charge in [-0.1, -0.05) is 12.3 Å². The molecule has 0 aromatic rings. The Hall–Kier alpha value is -0.210. The fraction of sp³-hybridized carbons (Fsp3) is 0.333. The Kier molecular flexibility index (Phi) is 3.84. The fourth-order valence-corrected chi connectivity index (χ4v) is 0.200. The van der Waals surface area contributed by atoms with E-state index in [1.54, 1.807) is 0 Å². The Morgan fingerprint density at radius 1 is 1.57 bits per heavy atom. The van der Waals surface area contributed by atoms with Crippen molar-refractivity contribution in [2.75, 3.05) is 0 Å². The van der Waals surface area contributed by atoms with Crippen molar-refractivity contribution in [3.8, 4) is 0 Å². The van der Waals surface area contributed by atoms with E-state index in [4.69, 9.17) is 17.9 Å². The van der Waals surface area contributed by atoms with Gasteiger partial charge in [0.1, 0.15) is 0 Å². The van der Waals surface area contributed by atoms with E-state index < -0.39 is 7.12 Å². The Balaban J connectivity index is 3.08. The molecule has 0 aliphatic carbocycles. The smallest absolute Gasteiger partial charge is 0.424 e. The summed E-state index contributed by atoms with van der Waals surface area (Å²) in [6.45, 7) is 0. The SMILES string of the molecule is [B]CC=CB(O)O. The zero-order valence-electron chi connectivity index (χ0n) is 3.91. The van der Waals surface area contributed by atoms with Gasteiger partial charge in [-0.05, 0) is 0 Å². The molecule has 0 aliphatic rings. The van der Waals surface area contributed by atoms with Crippen molar-refractivity contribution in [2.45, 2.75) is 6.32 Å². The van der Waals surface area contributed by atoms with Crippen LogP contribution in [0.15, 0.2) is 12.1 Å². The van der Waals surface area contributed by atoms with Crippen molar-refractivity contribution in [2.24, 2.45) is 0 Å². The predicted molar refractivity (Wildman–Crippen MR) is 29.9 cm³/mol. The van der Waals surface area contributed by atoms with Gasteiger partial charge in [-0.15, -0.1) is 6.08 Å². The molecule has 0 aromatic heterocycles. The van der Waals surface area contributed by atoms with Crippen molar-refractivity contribution >= 4 is 15.0 Å². The van der Waals surface area contributed by atoms with Crippen LogP contribution in [0, 0.1) is 0 Å². The number of hydrogen-bond donors (Lipinski definition) is 2. The van der Waals surface area contributed by atoms with E-state index in [1.165, 1.54) is 12.1 Å². The van der Waals surface area contributed by atoms with Crippen molar-refractivity contribution in [3.63, 3.8) is 0 Å². The average Bonchev–Trinajstić information content (AvgIpc) is 1.61. The van der Waals surface area contributed by atoms with Crippen LogP contribution in [0.1, 0.15) is 0 Å². The minimum absolute atomic E-state index is 0.345. The summed E-state index contributed by atoms with van der Waals surface area (Å²) in [5.41, 5.74) is 0. The van der Waals surface area contributed by atoms with Crippen molar-refractivity contribution in [1.82, 2.24) is 0 Å². The lowest BCUT2D eigenvalue weighted by atomic mass is 9.89. The van der Waals surface area contributed by atoms with Crippen LogP contribution >= 0.6 is 0 Å². The summed E-state index contributed by atoms with van der Waals surface area (Å²) in [4.78, 5) is 0. The number of hydrogen-bond acceptors (Lipinski definition) is 2. The maximum absolute atomic E-state index is 8.10. The van der Waals surface area contributed by atoms with Crippen LogP contribution in [0.5, 0.6) is 0 Å². The van der Waals surface area contributed by atoms with E-state index in [2.05, 4.69) is 0 Å². The Labute approximate surface area is 44.4 Å². The summed E-state index contributed by atoms with van der Waals surface area (Å²) in [5, 5.41) is 16.2. The second kappa shape index (κ2) is 3.96. The summed E-state index contributed by atoms with van der Waals surface area (Å²) < 4.78 is 0. The van der Waals surface area contributed by atoms with Crippen molar-refractivity contribution in [3.05, 3.63) is 12.1 Å². The van der Waals surface area contributed by atoms with Gasteiger partial charge in [0, 0.05) is 0 Å². The highest BCUT2D eigenvalue weighted by Gasteiger charge is 1.94. The molecule has 7 heavy (non-hydrogen) atoms. The van der Waals surface area contributed by atoms with Gasteiger partial charge in [0.05, 0.1) is 7.85 Å². The lowest BCUT2D eigenvalue weighted by molar-refractivity contribution is 0.424.